The van der Waals surface area contributed by atoms with Crippen molar-refractivity contribution in [2.45, 2.75) is 32.7 Å². The monoisotopic (exact) mass is 275 g/mol. The van der Waals surface area contributed by atoms with Crippen LogP contribution in [0.25, 0.3) is 0 Å². The van der Waals surface area contributed by atoms with Gasteiger partial charge in [-0.25, -0.2) is 0 Å². The molecule has 0 aromatic heterocycles. The van der Waals surface area contributed by atoms with E-state index in [0.29, 0.717) is 5.92 Å². The van der Waals surface area contributed by atoms with Crippen molar-refractivity contribution in [2.75, 3.05) is 24.5 Å². The van der Waals surface area contributed by atoms with Gasteiger partial charge in [-0.3, -0.25) is 4.79 Å². The number of nitrogens with two attached hydrogens (primary N) is 1. The topological polar surface area (TPSA) is 58.4 Å². The van der Waals surface area contributed by atoms with Crippen LogP contribution in [0.5, 0.6) is 0 Å². The summed E-state index contributed by atoms with van der Waals surface area (Å²) in [5.74, 6) is 0.678. The summed E-state index contributed by atoms with van der Waals surface area (Å²) in [5, 5.41) is 2.92. The van der Waals surface area contributed by atoms with E-state index in [4.69, 9.17) is 5.73 Å². The number of piperidine rings is 1. The smallest absolute Gasteiger partial charge is 0.216 e. The average Bonchev–Trinajstić information content (AvgIpc) is 2.46. The van der Waals surface area contributed by atoms with Crippen LogP contribution in [-0.2, 0) is 4.79 Å². The molecule has 1 aromatic rings. The number of carbonyl (C=O) groups excluding carboxylic acids is 1. The Morgan fingerprint density at radius 3 is 2.45 bits per heavy atom. The predicted octanol–water partition coefficient (Wildman–Crippen LogP) is 2.06. The Balaban J connectivity index is 1.85. The summed E-state index contributed by atoms with van der Waals surface area (Å²) >= 11 is 0. The summed E-state index contributed by atoms with van der Waals surface area (Å²) < 4.78 is 0. The van der Waals surface area contributed by atoms with Crippen molar-refractivity contribution in [3.05, 3.63) is 29.8 Å². The third-order valence-electron chi connectivity index (χ3n) is 4.04. The van der Waals surface area contributed by atoms with Crippen molar-refractivity contribution in [1.82, 2.24) is 5.32 Å². The van der Waals surface area contributed by atoms with Gasteiger partial charge in [-0.15, -0.1) is 0 Å². The quantitative estimate of drug-likeness (QED) is 0.884. The minimum absolute atomic E-state index is 0.0684. The molecule has 1 aromatic carbocycles. The molecule has 0 spiro atoms. The first-order valence-electron chi connectivity index (χ1n) is 7.41. The maximum Gasteiger partial charge on any atom is 0.216 e. The van der Waals surface area contributed by atoms with Crippen molar-refractivity contribution in [2.24, 2.45) is 11.7 Å². The van der Waals surface area contributed by atoms with Crippen LogP contribution in [0.2, 0.25) is 0 Å². The highest BCUT2D eigenvalue weighted by molar-refractivity contribution is 5.72. The van der Waals surface area contributed by atoms with E-state index in [2.05, 4.69) is 34.5 Å². The van der Waals surface area contributed by atoms with Crippen LogP contribution >= 0.6 is 0 Å². The zero-order valence-corrected chi connectivity index (χ0v) is 12.4. The first-order chi connectivity index (χ1) is 9.56. The lowest BCUT2D eigenvalue weighted by molar-refractivity contribution is -0.119. The SMILES string of the molecule is CC(=O)NCC1CCN(c2ccc([C@@H](C)N)cc2)CC1. The fraction of sp³-hybridized carbons (Fsp3) is 0.562. The average molecular weight is 275 g/mol. The molecule has 3 N–H and O–H groups in total. The molecule has 1 aliphatic heterocycles. The number of benzene rings is 1. The predicted molar refractivity (Wildman–Crippen MR) is 82.7 cm³/mol. The van der Waals surface area contributed by atoms with E-state index in [0.717, 1.165) is 32.5 Å². The fourth-order valence-corrected chi connectivity index (χ4v) is 2.67. The van der Waals surface area contributed by atoms with Gasteiger partial charge in [0.05, 0.1) is 0 Å². The molecule has 2 rings (SSSR count). The molecule has 1 heterocycles. The minimum atomic E-state index is 0.0684. The van der Waals surface area contributed by atoms with E-state index in [1.54, 1.807) is 6.92 Å². The zero-order valence-electron chi connectivity index (χ0n) is 12.4. The molecule has 0 saturated carbocycles. The molecular formula is C16H25N3O. The molecule has 0 aliphatic carbocycles. The lowest BCUT2D eigenvalue weighted by atomic mass is 9.96. The molecular weight excluding hydrogens is 250 g/mol. The van der Waals surface area contributed by atoms with E-state index in [9.17, 15) is 4.79 Å². The highest BCUT2D eigenvalue weighted by Crippen LogP contribution is 2.24. The fourth-order valence-electron chi connectivity index (χ4n) is 2.67. The maximum absolute atomic E-state index is 10.9. The van der Waals surface area contributed by atoms with Crippen LogP contribution in [-0.4, -0.2) is 25.5 Å². The molecule has 4 nitrogen and oxygen atoms in total. The van der Waals surface area contributed by atoms with Crippen molar-refractivity contribution in [1.29, 1.82) is 0 Å². The summed E-state index contributed by atoms with van der Waals surface area (Å²) in [5.41, 5.74) is 8.32. The van der Waals surface area contributed by atoms with Gasteiger partial charge in [-0.1, -0.05) is 12.1 Å². The highest BCUT2D eigenvalue weighted by atomic mass is 16.1. The van der Waals surface area contributed by atoms with Crippen molar-refractivity contribution in [3.63, 3.8) is 0 Å². The molecule has 1 fully saturated rings. The van der Waals surface area contributed by atoms with E-state index in [1.165, 1.54) is 11.3 Å². The Labute approximate surface area is 121 Å². The van der Waals surface area contributed by atoms with Gasteiger partial charge >= 0.3 is 0 Å². The van der Waals surface area contributed by atoms with Gasteiger partial charge in [0.25, 0.3) is 0 Å². The second-order valence-electron chi connectivity index (χ2n) is 5.75. The van der Waals surface area contributed by atoms with Gasteiger partial charge in [0, 0.05) is 38.3 Å². The molecule has 1 atom stereocenters. The first kappa shape index (κ1) is 14.9. The van der Waals surface area contributed by atoms with Crippen LogP contribution in [0.4, 0.5) is 5.69 Å². The lowest BCUT2D eigenvalue weighted by Crippen LogP contribution is -2.38. The van der Waals surface area contributed by atoms with Crippen LogP contribution < -0.4 is 16.0 Å². The van der Waals surface area contributed by atoms with Gasteiger partial charge in [0.1, 0.15) is 0 Å². The Morgan fingerprint density at radius 2 is 1.95 bits per heavy atom. The summed E-state index contributed by atoms with van der Waals surface area (Å²) in [7, 11) is 0. The third kappa shape index (κ3) is 3.97. The van der Waals surface area contributed by atoms with Crippen LogP contribution in [0.1, 0.15) is 38.3 Å². The molecule has 0 bridgehead atoms. The summed E-state index contributed by atoms with van der Waals surface area (Å²) in [6, 6.07) is 8.64. The molecule has 0 unspecified atom stereocenters. The second kappa shape index (κ2) is 6.75. The van der Waals surface area contributed by atoms with Gasteiger partial charge < -0.3 is 16.0 Å². The largest absolute Gasteiger partial charge is 0.372 e. The standard InChI is InChI=1S/C16H25N3O/c1-12(17)15-3-5-16(6-4-15)19-9-7-14(8-10-19)11-18-13(2)20/h3-6,12,14H,7-11,17H2,1-2H3,(H,18,20)/t12-/m1/s1. The van der Waals surface area contributed by atoms with E-state index in [-0.39, 0.29) is 11.9 Å². The zero-order chi connectivity index (χ0) is 14.5. The van der Waals surface area contributed by atoms with Crippen LogP contribution in [0.15, 0.2) is 24.3 Å². The Kier molecular flexibility index (Phi) is 5.01. The number of hydrogen-bond donors (Lipinski definition) is 2. The number of nitrogens with zero attached hydrogens (tertiary/aromatic N) is 1. The number of hydrogen-bond acceptors (Lipinski definition) is 3. The number of nitrogens with one attached hydrogen (secondary N) is 1. The van der Waals surface area contributed by atoms with E-state index < -0.39 is 0 Å². The van der Waals surface area contributed by atoms with Crippen molar-refractivity contribution in [3.8, 4) is 0 Å². The van der Waals surface area contributed by atoms with Gasteiger partial charge in [0.15, 0.2) is 0 Å². The molecule has 20 heavy (non-hydrogen) atoms. The molecule has 110 valence electrons. The second-order valence-corrected chi connectivity index (χ2v) is 5.75. The van der Waals surface area contributed by atoms with Gasteiger partial charge in [-0.2, -0.15) is 0 Å². The molecule has 1 aliphatic rings. The van der Waals surface area contributed by atoms with Crippen molar-refractivity contribution >= 4 is 11.6 Å². The van der Waals surface area contributed by atoms with Crippen LogP contribution in [0, 0.1) is 5.92 Å². The van der Waals surface area contributed by atoms with Gasteiger partial charge in [-0.05, 0) is 43.4 Å². The number of carbonyl (C=O) groups is 1. The normalized spacial score (nSPS) is 17.9. The maximum atomic E-state index is 10.9. The number of amides is 1. The Morgan fingerprint density at radius 1 is 1.35 bits per heavy atom. The Bertz CT molecular complexity index is 434. The molecule has 4 heteroatoms. The molecule has 1 saturated heterocycles. The number of anilines is 1. The first-order valence-corrected chi connectivity index (χ1v) is 7.41. The third-order valence-corrected chi connectivity index (χ3v) is 4.04. The van der Waals surface area contributed by atoms with Crippen molar-refractivity contribution < 1.29 is 4.79 Å². The molecule has 1 amide bonds. The highest BCUT2D eigenvalue weighted by Gasteiger charge is 2.19. The van der Waals surface area contributed by atoms with Gasteiger partial charge in [0.2, 0.25) is 5.91 Å². The number of rotatable bonds is 4. The Hall–Kier alpha value is -1.55. The minimum Gasteiger partial charge on any atom is -0.372 e. The van der Waals surface area contributed by atoms with E-state index >= 15 is 0 Å². The van der Waals surface area contributed by atoms with E-state index in [1.807, 2.05) is 6.92 Å². The molecule has 0 radical (unpaired) electrons. The lowest BCUT2D eigenvalue weighted by Gasteiger charge is -2.33. The summed E-state index contributed by atoms with van der Waals surface area (Å²) in [6.45, 7) is 6.51. The van der Waals surface area contributed by atoms with Crippen LogP contribution in [0.3, 0.4) is 0 Å². The summed E-state index contributed by atoms with van der Waals surface area (Å²) in [4.78, 5) is 13.3. The summed E-state index contributed by atoms with van der Waals surface area (Å²) in [6.07, 6.45) is 2.27.